The highest BCUT2D eigenvalue weighted by Crippen LogP contribution is 2.41. The molecule has 1 aliphatic rings. The number of sulfonamides is 1. The van der Waals surface area contributed by atoms with Crippen molar-refractivity contribution in [1.82, 2.24) is 0 Å². The number of rotatable bonds is 2. The van der Waals surface area contributed by atoms with Crippen LogP contribution in [0.5, 0.6) is 0 Å². The fourth-order valence-corrected chi connectivity index (χ4v) is 4.75. The highest BCUT2D eigenvalue weighted by molar-refractivity contribution is 8.03. The Morgan fingerprint density at radius 3 is 2.30 bits per heavy atom. The molecule has 0 radical (unpaired) electrons. The summed E-state index contributed by atoms with van der Waals surface area (Å²) in [5.41, 5.74) is 0.653. The molecule has 1 aliphatic heterocycles. The van der Waals surface area contributed by atoms with Gasteiger partial charge >= 0.3 is 0 Å². The Morgan fingerprint density at radius 2 is 1.65 bits per heavy atom. The molecular formula is C16H11Cl2NO3S. The molecule has 118 valence electrons. The lowest BCUT2D eigenvalue weighted by atomic mass is 10.1. The van der Waals surface area contributed by atoms with Gasteiger partial charge in [0, 0.05) is 10.6 Å². The van der Waals surface area contributed by atoms with Crippen LogP contribution in [0.3, 0.4) is 0 Å². The van der Waals surface area contributed by atoms with Gasteiger partial charge in [-0.05, 0) is 30.7 Å². The maximum atomic E-state index is 12.9. The van der Waals surface area contributed by atoms with E-state index in [0.717, 1.165) is 0 Å². The Labute approximate surface area is 144 Å². The zero-order valence-electron chi connectivity index (χ0n) is 12.0. The topological polar surface area (TPSA) is 54.5 Å². The van der Waals surface area contributed by atoms with Crippen molar-refractivity contribution < 1.29 is 13.2 Å². The number of halogens is 2. The lowest BCUT2D eigenvalue weighted by molar-refractivity contribution is -0.113. The predicted octanol–water partition coefficient (Wildman–Crippen LogP) is 4.10. The van der Waals surface area contributed by atoms with Crippen LogP contribution in [0.2, 0.25) is 10.0 Å². The summed E-state index contributed by atoms with van der Waals surface area (Å²) in [6.45, 7) is 1.49. The fraction of sp³-hybridized carbons (Fsp3) is 0.0625. The number of benzene rings is 2. The van der Waals surface area contributed by atoms with E-state index in [2.05, 4.69) is 0 Å². The van der Waals surface area contributed by atoms with Crippen LogP contribution in [0.4, 0.5) is 5.69 Å². The summed E-state index contributed by atoms with van der Waals surface area (Å²) in [6.07, 6.45) is 0. The maximum absolute atomic E-state index is 12.9. The van der Waals surface area contributed by atoms with Gasteiger partial charge in [0.1, 0.15) is 4.91 Å². The second kappa shape index (κ2) is 5.67. The van der Waals surface area contributed by atoms with E-state index in [9.17, 15) is 13.2 Å². The van der Waals surface area contributed by atoms with Crippen molar-refractivity contribution in [1.29, 1.82) is 0 Å². The van der Waals surface area contributed by atoms with Crippen LogP contribution >= 0.6 is 23.2 Å². The second-order valence-corrected chi connectivity index (χ2v) is 7.56. The summed E-state index contributed by atoms with van der Waals surface area (Å²) in [5, 5.41) is 0.423. The van der Waals surface area contributed by atoms with Gasteiger partial charge in [-0.1, -0.05) is 53.5 Å². The standard InChI is InChI=1S/C16H11Cl2NO3S/c1-10-15(11-5-3-2-4-6-11)23(21,22)19(16(10)20)14-9-12(17)7-8-13(14)18/h2-9H,1H3. The van der Waals surface area contributed by atoms with E-state index in [1.54, 1.807) is 30.3 Å². The van der Waals surface area contributed by atoms with E-state index < -0.39 is 15.9 Å². The van der Waals surface area contributed by atoms with Gasteiger partial charge in [0.2, 0.25) is 0 Å². The molecule has 2 aromatic carbocycles. The normalized spacial score (nSPS) is 17.0. The first-order valence-corrected chi connectivity index (χ1v) is 8.84. The molecule has 0 bridgehead atoms. The molecule has 7 heteroatoms. The van der Waals surface area contributed by atoms with Gasteiger partial charge in [-0.25, -0.2) is 8.42 Å². The number of carbonyl (C=O) groups is 1. The molecule has 3 rings (SSSR count). The second-order valence-electron chi connectivity index (χ2n) is 4.99. The molecule has 4 nitrogen and oxygen atoms in total. The summed E-state index contributed by atoms with van der Waals surface area (Å²) >= 11 is 12.0. The van der Waals surface area contributed by atoms with Crippen LogP contribution in [0, 0.1) is 0 Å². The number of anilines is 1. The average molecular weight is 368 g/mol. The van der Waals surface area contributed by atoms with E-state index in [1.807, 2.05) is 0 Å². The van der Waals surface area contributed by atoms with Crippen molar-refractivity contribution in [2.24, 2.45) is 0 Å². The first-order chi connectivity index (χ1) is 10.8. The van der Waals surface area contributed by atoms with Gasteiger partial charge in [0.15, 0.2) is 0 Å². The van der Waals surface area contributed by atoms with Gasteiger partial charge < -0.3 is 0 Å². The molecule has 0 saturated heterocycles. The molecule has 0 aromatic heterocycles. The molecule has 0 saturated carbocycles. The molecule has 0 unspecified atom stereocenters. The van der Waals surface area contributed by atoms with Crippen LogP contribution < -0.4 is 4.31 Å². The van der Waals surface area contributed by atoms with Crippen molar-refractivity contribution in [2.45, 2.75) is 6.92 Å². The number of carbonyl (C=O) groups excluding carboxylic acids is 1. The highest BCUT2D eigenvalue weighted by atomic mass is 35.5. The molecule has 23 heavy (non-hydrogen) atoms. The van der Waals surface area contributed by atoms with Gasteiger partial charge in [-0.2, -0.15) is 4.31 Å². The highest BCUT2D eigenvalue weighted by Gasteiger charge is 2.44. The largest absolute Gasteiger partial charge is 0.272 e. The number of nitrogens with zero attached hydrogens (tertiary/aromatic N) is 1. The van der Waals surface area contributed by atoms with Crippen molar-refractivity contribution in [2.75, 3.05) is 4.31 Å². The van der Waals surface area contributed by atoms with Crippen molar-refractivity contribution >= 4 is 49.7 Å². The van der Waals surface area contributed by atoms with Gasteiger partial charge in [-0.15, -0.1) is 0 Å². The summed E-state index contributed by atoms with van der Waals surface area (Å²) in [7, 11) is -4.05. The molecule has 0 N–H and O–H groups in total. The first kappa shape index (κ1) is 16.1. The molecule has 0 aliphatic carbocycles. The zero-order valence-corrected chi connectivity index (χ0v) is 14.3. The molecule has 0 atom stereocenters. The van der Waals surface area contributed by atoms with Gasteiger partial charge in [0.25, 0.3) is 15.9 Å². The van der Waals surface area contributed by atoms with Crippen molar-refractivity contribution in [3.8, 4) is 0 Å². The Hall–Kier alpha value is -1.82. The zero-order chi connectivity index (χ0) is 16.8. The van der Waals surface area contributed by atoms with Gasteiger partial charge in [0.05, 0.1) is 10.7 Å². The van der Waals surface area contributed by atoms with E-state index >= 15 is 0 Å². The lowest BCUT2D eigenvalue weighted by Crippen LogP contribution is -2.31. The molecule has 1 amide bonds. The molecule has 0 spiro atoms. The minimum Gasteiger partial charge on any atom is -0.268 e. The number of amides is 1. The summed E-state index contributed by atoms with van der Waals surface area (Å²) < 4.78 is 26.6. The lowest BCUT2D eigenvalue weighted by Gasteiger charge is -2.18. The third kappa shape index (κ3) is 2.55. The Bertz CT molecular complexity index is 937. The minimum atomic E-state index is -4.05. The molecular weight excluding hydrogens is 357 g/mol. The van der Waals surface area contributed by atoms with Crippen LogP contribution in [0.1, 0.15) is 12.5 Å². The SMILES string of the molecule is CC1=C(c2ccccc2)S(=O)(=O)N(c2cc(Cl)ccc2Cl)C1=O. The van der Waals surface area contributed by atoms with E-state index in [4.69, 9.17) is 23.2 Å². The Morgan fingerprint density at radius 1 is 1.00 bits per heavy atom. The van der Waals surface area contributed by atoms with Crippen LogP contribution in [0.15, 0.2) is 54.1 Å². The van der Waals surface area contributed by atoms with Crippen LogP contribution in [-0.4, -0.2) is 14.3 Å². The predicted molar refractivity (Wildman–Crippen MR) is 91.9 cm³/mol. The summed E-state index contributed by atoms with van der Waals surface area (Å²) in [4.78, 5) is 12.5. The van der Waals surface area contributed by atoms with E-state index in [0.29, 0.717) is 14.9 Å². The molecule has 1 heterocycles. The quantitative estimate of drug-likeness (QED) is 0.802. The monoisotopic (exact) mass is 367 g/mol. The fourth-order valence-electron chi connectivity index (χ4n) is 2.48. The van der Waals surface area contributed by atoms with Crippen molar-refractivity contribution in [3.63, 3.8) is 0 Å². The van der Waals surface area contributed by atoms with Crippen LogP contribution in [-0.2, 0) is 14.8 Å². The maximum Gasteiger partial charge on any atom is 0.272 e. The number of hydrogen-bond donors (Lipinski definition) is 0. The van der Waals surface area contributed by atoms with E-state index in [-0.39, 0.29) is 21.2 Å². The first-order valence-electron chi connectivity index (χ1n) is 6.65. The number of hydrogen-bond acceptors (Lipinski definition) is 3. The minimum absolute atomic E-state index is 0.0147. The summed E-state index contributed by atoms with van der Waals surface area (Å²) in [5.74, 6) is -0.631. The molecule has 2 aromatic rings. The smallest absolute Gasteiger partial charge is 0.268 e. The Balaban J connectivity index is 2.22. The van der Waals surface area contributed by atoms with Gasteiger partial charge in [-0.3, -0.25) is 4.79 Å². The van der Waals surface area contributed by atoms with Crippen molar-refractivity contribution in [3.05, 3.63) is 69.7 Å². The average Bonchev–Trinajstić information content (AvgIpc) is 2.68. The van der Waals surface area contributed by atoms with E-state index in [1.165, 1.54) is 25.1 Å². The molecule has 0 fully saturated rings. The third-order valence-electron chi connectivity index (χ3n) is 3.51. The third-order valence-corrected chi connectivity index (χ3v) is 5.96. The Kier molecular flexibility index (Phi) is 3.96. The summed E-state index contributed by atoms with van der Waals surface area (Å²) in [6, 6.07) is 12.8. The van der Waals surface area contributed by atoms with Crippen LogP contribution in [0.25, 0.3) is 4.91 Å².